The summed E-state index contributed by atoms with van der Waals surface area (Å²) in [5.41, 5.74) is 0.919. The normalized spacial score (nSPS) is 7.30. The summed E-state index contributed by atoms with van der Waals surface area (Å²) in [7, 11) is 0. The van der Waals surface area contributed by atoms with Gasteiger partial charge in [-0.15, -0.1) is 0 Å². The summed E-state index contributed by atoms with van der Waals surface area (Å²) in [6, 6.07) is 3.37. The summed E-state index contributed by atoms with van der Waals surface area (Å²) < 4.78 is 0. The molecule has 1 rings (SSSR count). The first-order valence-corrected chi connectivity index (χ1v) is 2.40. The maximum Gasteiger partial charge on any atom is 0.133 e. The standard InChI is InChI=1S/C6H7NO.Cr.W/c1-5-2-3-6(8)4-7-5;;/h2-4,8H,1H3;;. The van der Waals surface area contributed by atoms with Crippen LogP contribution in [0.15, 0.2) is 18.3 Å². The van der Waals surface area contributed by atoms with E-state index in [1.165, 1.54) is 6.20 Å². The molecule has 0 aromatic carbocycles. The number of hydrogen-bond acceptors (Lipinski definition) is 2. The summed E-state index contributed by atoms with van der Waals surface area (Å²) in [6.07, 6.45) is 1.43. The number of hydrogen-bond donors (Lipinski definition) is 1. The van der Waals surface area contributed by atoms with Crippen molar-refractivity contribution in [2.24, 2.45) is 0 Å². The van der Waals surface area contributed by atoms with Gasteiger partial charge in [-0.25, -0.2) is 0 Å². The van der Waals surface area contributed by atoms with Crippen LogP contribution in [0.3, 0.4) is 0 Å². The molecule has 0 radical (unpaired) electrons. The average molecular weight is 345 g/mol. The maximum absolute atomic E-state index is 8.69. The molecule has 1 aromatic rings. The van der Waals surface area contributed by atoms with E-state index in [0.717, 1.165) is 5.69 Å². The summed E-state index contributed by atoms with van der Waals surface area (Å²) in [5.74, 6) is 0.218. The predicted octanol–water partition coefficient (Wildman–Crippen LogP) is 1.09. The van der Waals surface area contributed by atoms with E-state index in [4.69, 9.17) is 5.11 Å². The van der Waals surface area contributed by atoms with E-state index < -0.39 is 0 Å². The molecule has 0 bridgehead atoms. The van der Waals surface area contributed by atoms with Crippen LogP contribution in [0.5, 0.6) is 5.75 Å². The third-order valence-electron chi connectivity index (χ3n) is 0.896. The van der Waals surface area contributed by atoms with Gasteiger partial charge in [0.05, 0.1) is 6.20 Å². The van der Waals surface area contributed by atoms with Crippen molar-refractivity contribution < 1.29 is 43.5 Å². The second-order valence-electron chi connectivity index (χ2n) is 1.66. The van der Waals surface area contributed by atoms with Crippen molar-refractivity contribution >= 4 is 0 Å². The molecule has 10 heavy (non-hydrogen) atoms. The third-order valence-corrected chi connectivity index (χ3v) is 0.896. The molecule has 0 saturated heterocycles. The minimum Gasteiger partial charge on any atom is -0.506 e. The maximum atomic E-state index is 8.69. The van der Waals surface area contributed by atoms with E-state index in [9.17, 15) is 0 Å². The average Bonchev–Trinajstić information content (AvgIpc) is 1.77. The van der Waals surface area contributed by atoms with Crippen molar-refractivity contribution in [3.8, 4) is 5.75 Å². The molecule has 0 amide bonds. The second kappa shape index (κ2) is 5.92. The van der Waals surface area contributed by atoms with Crippen molar-refractivity contribution in [1.29, 1.82) is 0 Å². The van der Waals surface area contributed by atoms with E-state index in [-0.39, 0.29) is 44.2 Å². The Morgan fingerprint density at radius 1 is 1.40 bits per heavy atom. The van der Waals surface area contributed by atoms with Gasteiger partial charge in [0.15, 0.2) is 0 Å². The molecular weight excluding hydrogens is 338 g/mol. The first-order chi connectivity index (χ1) is 3.79. The SMILES string of the molecule is Cc1ccc(O)cn1.[Cr].[W]. The molecule has 0 aliphatic carbocycles. The third kappa shape index (κ3) is 4.06. The molecule has 0 fully saturated rings. The summed E-state index contributed by atoms with van der Waals surface area (Å²) in [4.78, 5) is 3.83. The molecule has 54 valence electrons. The fourth-order valence-corrected chi connectivity index (χ4v) is 0.460. The summed E-state index contributed by atoms with van der Waals surface area (Å²) in [5, 5.41) is 8.69. The Bertz CT molecular complexity index is 157. The molecule has 0 atom stereocenters. The number of aromatic hydroxyl groups is 1. The van der Waals surface area contributed by atoms with Crippen LogP contribution in [0.25, 0.3) is 0 Å². The molecule has 1 heterocycles. The van der Waals surface area contributed by atoms with Crippen LogP contribution in [-0.4, -0.2) is 10.1 Å². The largest absolute Gasteiger partial charge is 0.506 e. The van der Waals surface area contributed by atoms with Crippen molar-refractivity contribution in [2.75, 3.05) is 0 Å². The molecule has 2 nitrogen and oxygen atoms in total. The monoisotopic (exact) mass is 345 g/mol. The summed E-state index contributed by atoms with van der Waals surface area (Å²) in [6.45, 7) is 1.87. The zero-order chi connectivity index (χ0) is 5.98. The van der Waals surface area contributed by atoms with Gasteiger partial charge in [-0.2, -0.15) is 0 Å². The molecule has 4 heteroatoms. The number of nitrogens with zero attached hydrogens (tertiary/aromatic N) is 1. The van der Waals surface area contributed by atoms with Crippen LogP contribution in [0.1, 0.15) is 5.69 Å². The molecule has 1 aromatic heterocycles. The fraction of sp³-hybridized carbons (Fsp3) is 0.167. The van der Waals surface area contributed by atoms with Gasteiger partial charge in [-0.3, -0.25) is 4.98 Å². The van der Waals surface area contributed by atoms with Crippen LogP contribution in [-0.2, 0) is 38.4 Å². The quantitative estimate of drug-likeness (QED) is 0.764. The van der Waals surface area contributed by atoms with Gasteiger partial charge in [0.25, 0.3) is 0 Å². The van der Waals surface area contributed by atoms with E-state index in [1.807, 2.05) is 6.92 Å². The van der Waals surface area contributed by atoms with Crippen molar-refractivity contribution in [3.63, 3.8) is 0 Å². The van der Waals surface area contributed by atoms with Gasteiger partial charge >= 0.3 is 0 Å². The molecule has 0 aliphatic heterocycles. The smallest absolute Gasteiger partial charge is 0.133 e. The van der Waals surface area contributed by atoms with E-state index in [0.29, 0.717) is 0 Å². The van der Waals surface area contributed by atoms with Gasteiger partial charge in [0, 0.05) is 44.1 Å². The van der Waals surface area contributed by atoms with Crippen LogP contribution < -0.4 is 0 Å². The Hall–Kier alpha value is 0.171. The number of rotatable bonds is 0. The molecule has 0 aliphatic rings. The van der Waals surface area contributed by atoms with Gasteiger partial charge in [-0.05, 0) is 19.1 Å². The van der Waals surface area contributed by atoms with Crippen molar-refractivity contribution in [3.05, 3.63) is 24.0 Å². The van der Waals surface area contributed by atoms with Crippen LogP contribution in [0.2, 0.25) is 0 Å². The number of pyridine rings is 1. The van der Waals surface area contributed by atoms with Crippen LogP contribution >= 0.6 is 0 Å². The molecule has 0 spiro atoms. The number of aryl methyl sites for hydroxylation is 1. The summed E-state index contributed by atoms with van der Waals surface area (Å²) >= 11 is 0. The Kier molecular flexibility index (Phi) is 7.58. The first-order valence-electron chi connectivity index (χ1n) is 2.40. The zero-order valence-corrected chi connectivity index (χ0v) is 9.65. The van der Waals surface area contributed by atoms with Gasteiger partial charge in [0.2, 0.25) is 0 Å². The Balaban J connectivity index is 0. The predicted molar refractivity (Wildman–Crippen MR) is 30.6 cm³/mol. The topological polar surface area (TPSA) is 33.1 Å². The minimum absolute atomic E-state index is 0. The Morgan fingerprint density at radius 3 is 2.30 bits per heavy atom. The van der Waals surface area contributed by atoms with Crippen molar-refractivity contribution in [1.82, 2.24) is 4.98 Å². The molecule has 1 N–H and O–H groups in total. The van der Waals surface area contributed by atoms with Crippen LogP contribution in [0, 0.1) is 6.92 Å². The first kappa shape index (κ1) is 12.8. The Labute approximate surface area is 85.1 Å². The van der Waals surface area contributed by atoms with Gasteiger partial charge in [-0.1, -0.05) is 0 Å². The van der Waals surface area contributed by atoms with E-state index in [1.54, 1.807) is 12.1 Å². The number of aromatic nitrogens is 1. The fourth-order valence-electron chi connectivity index (χ4n) is 0.460. The van der Waals surface area contributed by atoms with Gasteiger partial charge < -0.3 is 5.11 Å². The zero-order valence-electron chi connectivity index (χ0n) is 5.44. The van der Waals surface area contributed by atoms with Crippen molar-refractivity contribution in [2.45, 2.75) is 6.92 Å². The van der Waals surface area contributed by atoms with E-state index in [2.05, 4.69) is 4.98 Å². The minimum atomic E-state index is 0. The van der Waals surface area contributed by atoms with Crippen LogP contribution in [0.4, 0.5) is 0 Å². The molecule has 0 saturated carbocycles. The Morgan fingerprint density at radius 2 is 2.00 bits per heavy atom. The molecule has 0 unspecified atom stereocenters. The van der Waals surface area contributed by atoms with Gasteiger partial charge in [0.1, 0.15) is 5.75 Å². The van der Waals surface area contributed by atoms with E-state index >= 15 is 0 Å². The second-order valence-corrected chi connectivity index (χ2v) is 1.66. The molecular formula is C6H7CrNOW.